The minimum atomic E-state index is -0.0890. The molecule has 2 N–H and O–H groups in total. The first-order valence-corrected chi connectivity index (χ1v) is 8.30. The predicted molar refractivity (Wildman–Crippen MR) is 89.0 cm³/mol. The van der Waals surface area contributed by atoms with Gasteiger partial charge >= 0.3 is 0 Å². The van der Waals surface area contributed by atoms with Crippen molar-refractivity contribution in [3.63, 3.8) is 0 Å². The Kier molecular flexibility index (Phi) is 5.61. The van der Waals surface area contributed by atoms with Crippen LogP contribution < -0.4 is 5.32 Å². The summed E-state index contributed by atoms with van der Waals surface area (Å²) in [4.78, 5) is 14.5. The van der Waals surface area contributed by atoms with Crippen LogP contribution in [0, 0.1) is 5.92 Å². The lowest BCUT2D eigenvalue weighted by Crippen LogP contribution is -2.53. The lowest BCUT2D eigenvalue weighted by atomic mass is 9.91. The van der Waals surface area contributed by atoms with E-state index in [1.165, 1.54) is 11.8 Å². The highest BCUT2D eigenvalue weighted by molar-refractivity contribution is 5.78. The van der Waals surface area contributed by atoms with Gasteiger partial charge in [-0.2, -0.15) is 0 Å². The zero-order chi connectivity index (χ0) is 16.8. The molecule has 0 saturated carbocycles. The molecular formula is C18H23N3O3. The number of rotatable bonds is 6. The SMILES string of the molecule is O=C(Cc1ccon1)NC1CN(Cc2ccccc2)CCC1CO. The van der Waals surface area contributed by atoms with Crippen molar-refractivity contribution in [3.8, 4) is 0 Å². The van der Waals surface area contributed by atoms with E-state index in [9.17, 15) is 9.90 Å². The summed E-state index contributed by atoms with van der Waals surface area (Å²) in [5.41, 5.74) is 1.87. The van der Waals surface area contributed by atoms with Crippen LogP contribution in [0.4, 0.5) is 0 Å². The summed E-state index contributed by atoms with van der Waals surface area (Å²) in [7, 11) is 0. The second kappa shape index (κ2) is 8.08. The van der Waals surface area contributed by atoms with Crippen molar-refractivity contribution in [3.05, 3.63) is 53.9 Å². The normalized spacial score (nSPS) is 21.5. The molecule has 6 heteroatoms. The molecule has 1 saturated heterocycles. The maximum Gasteiger partial charge on any atom is 0.226 e. The lowest BCUT2D eigenvalue weighted by Gasteiger charge is -2.38. The van der Waals surface area contributed by atoms with Gasteiger partial charge in [0, 0.05) is 37.7 Å². The lowest BCUT2D eigenvalue weighted by molar-refractivity contribution is -0.122. The molecule has 0 aliphatic carbocycles. The summed E-state index contributed by atoms with van der Waals surface area (Å²) in [5, 5.41) is 16.4. The van der Waals surface area contributed by atoms with Crippen LogP contribution in [-0.2, 0) is 17.8 Å². The third kappa shape index (κ3) is 4.43. The fourth-order valence-electron chi connectivity index (χ4n) is 3.19. The van der Waals surface area contributed by atoms with E-state index in [1.54, 1.807) is 6.07 Å². The average molecular weight is 329 g/mol. The predicted octanol–water partition coefficient (Wildman–Crippen LogP) is 1.22. The molecule has 0 spiro atoms. The van der Waals surface area contributed by atoms with E-state index in [0.717, 1.165) is 26.1 Å². The van der Waals surface area contributed by atoms with Gasteiger partial charge in [-0.3, -0.25) is 9.69 Å². The van der Waals surface area contributed by atoms with E-state index in [-0.39, 0.29) is 30.9 Å². The summed E-state index contributed by atoms with van der Waals surface area (Å²) in [6, 6.07) is 11.9. The van der Waals surface area contributed by atoms with Crippen molar-refractivity contribution >= 4 is 5.91 Å². The number of likely N-dealkylation sites (tertiary alicyclic amines) is 1. The number of benzene rings is 1. The van der Waals surface area contributed by atoms with E-state index >= 15 is 0 Å². The number of aromatic nitrogens is 1. The Morgan fingerprint density at radius 2 is 2.17 bits per heavy atom. The topological polar surface area (TPSA) is 78.6 Å². The van der Waals surface area contributed by atoms with Gasteiger partial charge in [0.25, 0.3) is 0 Å². The van der Waals surface area contributed by atoms with Gasteiger partial charge in [-0.25, -0.2) is 0 Å². The van der Waals surface area contributed by atoms with Gasteiger partial charge in [-0.05, 0) is 18.5 Å². The van der Waals surface area contributed by atoms with Crippen LogP contribution >= 0.6 is 0 Å². The summed E-state index contributed by atoms with van der Waals surface area (Å²) >= 11 is 0. The van der Waals surface area contributed by atoms with Gasteiger partial charge < -0.3 is 14.9 Å². The third-order valence-corrected chi connectivity index (χ3v) is 4.50. The van der Waals surface area contributed by atoms with E-state index in [2.05, 4.69) is 27.5 Å². The number of hydrogen-bond donors (Lipinski definition) is 2. The second-order valence-electron chi connectivity index (χ2n) is 6.29. The Bertz CT molecular complexity index is 630. The van der Waals surface area contributed by atoms with Crippen LogP contribution in [0.15, 0.2) is 47.2 Å². The number of carbonyl (C=O) groups excluding carboxylic acids is 1. The molecule has 3 rings (SSSR count). The maximum absolute atomic E-state index is 12.2. The molecule has 128 valence electrons. The Balaban J connectivity index is 1.57. The van der Waals surface area contributed by atoms with Crippen LogP contribution in [0.1, 0.15) is 17.7 Å². The molecule has 0 radical (unpaired) electrons. The fourth-order valence-corrected chi connectivity index (χ4v) is 3.19. The number of amides is 1. The summed E-state index contributed by atoms with van der Waals surface area (Å²) in [6.07, 6.45) is 2.53. The Labute approximate surface area is 141 Å². The molecule has 6 nitrogen and oxygen atoms in total. The number of aliphatic hydroxyl groups excluding tert-OH is 1. The van der Waals surface area contributed by atoms with Gasteiger partial charge in [0.05, 0.1) is 12.1 Å². The van der Waals surface area contributed by atoms with Crippen LogP contribution in [0.2, 0.25) is 0 Å². The highest BCUT2D eigenvalue weighted by Crippen LogP contribution is 2.19. The fraction of sp³-hybridized carbons (Fsp3) is 0.444. The Hall–Kier alpha value is -2.18. The molecule has 1 fully saturated rings. The minimum Gasteiger partial charge on any atom is -0.396 e. The van der Waals surface area contributed by atoms with Crippen molar-refractivity contribution in [2.75, 3.05) is 19.7 Å². The van der Waals surface area contributed by atoms with Crippen molar-refractivity contribution in [1.29, 1.82) is 0 Å². The summed E-state index contributed by atoms with van der Waals surface area (Å²) < 4.78 is 4.75. The number of hydrogen-bond acceptors (Lipinski definition) is 5. The number of nitrogens with one attached hydrogen (secondary N) is 1. The zero-order valence-electron chi connectivity index (χ0n) is 13.6. The minimum absolute atomic E-state index is 0.0492. The Morgan fingerprint density at radius 1 is 1.33 bits per heavy atom. The number of aliphatic hydroxyl groups is 1. The standard InChI is InChI=1S/C18H23N3O3/c22-13-15-6-8-21(11-14-4-2-1-3-5-14)12-17(15)19-18(23)10-16-7-9-24-20-16/h1-5,7,9,15,17,22H,6,8,10-13H2,(H,19,23). The smallest absolute Gasteiger partial charge is 0.226 e. The monoisotopic (exact) mass is 329 g/mol. The maximum atomic E-state index is 12.2. The average Bonchev–Trinajstić information content (AvgIpc) is 3.09. The molecule has 1 aliphatic rings. The molecule has 2 heterocycles. The quantitative estimate of drug-likeness (QED) is 0.833. The number of nitrogens with zero attached hydrogens (tertiary/aromatic N) is 2. The van der Waals surface area contributed by atoms with Gasteiger partial charge in [-0.15, -0.1) is 0 Å². The highest BCUT2D eigenvalue weighted by atomic mass is 16.5. The summed E-state index contributed by atoms with van der Waals surface area (Å²) in [6.45, 7) is 2.61. The molecule has 1 amide bonds. The molecule has 1 aliphatic heterocycles. The van der Waals surface area contributed by atoms with E-state index in [4.69, 9.17) is 4.52 Å². The molecule has 0 bridgehead atoms. The van der Waals surface area contributed by atoms with Crippen LogP contribution in [0.25, 0.3) is 0 Å². The van der Waals surface area contributed by atoms with E-state index < -0.39 is 0 Å². The third-order valence-electron chi connectivity index (χ3n) is 4.50. The van der Waals surface area contributed by atoms with E-state index in [0.29, 0.717) is 5.69 Å². The zero-order valence-corrected chi connectivity index (χ0v) is 13.6. The molecule has 2 aromatic rings. The van der Waals surface area contributed by atoms with Crippen LogP contribution in [0.5, 0.6) is 0 Å². The van der Waals surface area contributed by atoms with Crippen LogP contribution in [-0.4, -0.2) is 46.8 Å². The highest BCUT2D eigenvalue weighted by Gasteiger charge is 2.30. The van der Waals surface area contributed by atoms with Crippen molar-refractivity contribution < 1.29 is 14.4 Å². The molecule has 2 unspecified atom stereocenters. The number of piperidine rings is 1. The molecule has 2 atom stereocenters. The van der Waals surface area contributed by atoms with Gasteiger partial charge in [-0.1, -0.05) is 35.5 Å². The molecular weight excluding hydrogens is 306 g/mol. The van der Waals surface area contributed by atoms with E-state index in [1.807, 2.05) is 18.2 Å². The second-order valence-corrected chi connectivity index (χ2v) is 6.29. The van der Waals surface area contributed by atoms with Crippen molar-refractivity contribution in [2.24, 2.45) is 5.92 Å². The molecule has 1 aromatic carbocycles. The van der Waals surface area contributed by atoms with Crippen molar-refractivity contribution in [2.45, 2.75) is 25.4 Å². The molecule has 1 aromatic heterocycles. The van der Waals surface area contributed by atoms with Crippen LogP contribution in [0.3, 0.4) is 0 Å². The largest absolute Gasteiger partial charge is 0.396 e. The molecule has 24 heavy (non-hydrogen) atoms. The van der Waals surface area contributed by atoms with Crippen molar-refractivity contribution in [1.82, 2.24) is 15.4 Å². The first-order valence-electron chi connectivity index (χ1n) is 8.30. The first kappa shape index (κ1) is 16.7. The van der Waals surface area contributed by atoms with Gasteiger partial charge in [0.15, 0.2) is 0 Å². The van der Waals surface area contributed by atoms with Gasteiger partial charge in [0.1, 0.15) is 6.26 Å². The first-order chi connectivity index (χ1) is 11.7. The Morgan fingerprint density at radius 3 is 2.88 bits per heavy atom. The summed E-state index contributed by atoms with van der Waals surface area (Å²) in [5.74, 6) is 0.00666. The van der Waals surface area contributed by atoms with Gasteiger partial charge in [0.2, 0.25) is 5.91 Å². The number of carbonyl (C=O) groups is 1.